The van der Waals surface area contributed by atoms with Gasteiger partial charge in [0.2, 0.25) is 0 Å². The summed E-state index contributed by atoms with van der Waals surface area (Å²) in [6.45, 7) is -0.830. The third kappa shape index (κ3) is 4.36. The zero-order chi connectivity index (χ0) is 13.4. The Morgan fingerprint density at radius 3 is 2.06 bits per heavy atom. The Balaban J connectivity index is 2.51. The zero-order valence-corrected chi connectivity index (χ0v) is 10.1. The summed E-state index contributed by atoms with van der Waals surface area (Å²) >= 11 is 0. The van der Waals surface area contributed by atoms with E-state index in [1.54, 1.807) is 0 Å². The molecule has 0 aromatic heterocycles. The zero-order valence-electron chi connectivity index (χ0n) is 10.1. The Bertz CT molecular complexity index is 312. The largest absolute Gasteiger partial charge is 0.396 e. The van der Waals surface area contributed by atoms with Crippen LogP contribution in [0.4, 0.5) is 0 Å². The Labute approximate surface area is 106 Å². The summed E-state index contributed by atoms with van der Waals surface area (Å²) in [5.41, 5.74) is 0.924. The second kappa shape index (κ2) is 8.18. The molecular formula is C13H20O5. The van der Waals surface area contributed by atoms with Crippen LogP contribution in [0.3, 0.4) is 0 Å². The summed E-state index contributed by atoms with van der Waals surface area (Å²) in [7, 11) is 0. The smallest absolute Gasteiger partial charge is 0.107 e. The van der Waals surface area contributed by atoms with Gasteiger partial charge in [-0.2, -0.15) is 0 Å². The Morgan fingerprint density at radius 1 is 0.944 bits per heavy atom. The summed E-state index contributed by atoms with van der Waals surface area (Å²) in [6.07, 6.45) is -1.93. The molecule has 1 rings (SSSR count). The molecule has 18 heavy (non-hydrogen) atoms. The highest BCUT2D eigenvalue weighted by Crippen LogP contribution is 2.12. The van der Waals surface area contributed by atoms with E-state index in [9.17, 15) is 5.11 Å². The first kappa shape index (κ1) is 15.1. The van der Waals surface area contributed by atoms with Crippen LogP contribution in [0.2, 0.25) is 0 Å². The molecule has 0 bridgehead atoms. The number of aliphatic hydroxyl groups is 4. The van der Waals surface area contributed by atoms with Crippen molar-refractivity contribution in [2.75, 3.05) is 19.8 Å². The standard InChI is InChI=1S/C13H20O5/c14-6-11(7-15)13(17)12(8-16)18-9-10-4-2-1-3-5-10/h1-5,11-17H,6-9H2/t12-,13-/m1/s1. The lowest BCUT2D eigenvalue weighted by molar-refractivity contribution is -0.105. The molecule has 1 aromatic carbocycles. The average Bonchev–Trinajstić information content (AvgIpc) is 2.42. The van der Waals surface area contributed by atoms with Gasteiger partial charge in [0.25, 0.3) is 0 Å². The first-order valence-corrected chi connectivity index (χ1v) is 5.89. The fourth-order valence-corrected chi connectivity index (χ4v) is 1.61. The van der Waals surface area contributed by atoms with Crippen LogP contribution >= 0.6 is 0 Å². The molecule has 0 aliphatic rings. The predicted octanol–water partition coefficient (Wildman–Crippen LogP) is -0.474. The minimum atomic E-state index is -1.10. The normalized spacial score (nSPS) is 14.7. The van der Waals surface area contributed by atoms with Gasteiger partial charge in [0.15, 0.2) is 0 Å². The maximum atomic E-state index is 9.84. The maximum absolute atomic E-state index is 9.84. The molecule has 0 heterocycles. The molecule has 4 N–H and O–H groups in total. The molecule has 1 aromatic rings. The van der Waals surface area contributed by atoms with Crippen LogP contribution in [-0.4, -0.2) is 52.5 Å². The minimum absolute atomic E-state index is 0.257. The first-order valence-electron chi connectivity index (χ1n) is 5.89. The van der Waals surface area contributed by atoms with Gasteiger partial charge in [-0.3, -0.25) is 0 Å². The molecule has 2 atom stereocenters. The fraction of sp³-hybridized carbons (Fsp3) is 0.538. The molecule has 0 aliphatic carbocycles. The quantitative estimate of drug-likeness (QED) is 0.505. The summed E-state index contributed by atoms with van der Waals surface area (Å²) in [6, 6.07) is 9.36. The second-order valence-electron chi connectivity index (χ2n) is 4.13. The van der Waals surface area contributed by atoms with Crippen molar-refractivity contribution in [2.24, 2.45) is 5.92 Å². The summed E-state index contributed by atoms with van der Waals surface area (Å²) in [5.74, 6) is -0.710. The number of ether oxygens (including phenoxy) is 1. The maximum Gasteiger partial charge on any atom is 0.107 e. The molecule has 0 saturated carbocycles. The summed E-state index contributed by atoms with van der Waals surface area (Å²) in [4.78, 5) is 0. The van der Waals surface area contributed by atoms with Crippen LogP contribution < -0.4 is 0 Å². The highest BCUT2D eigenvalue weighted by molar-refractivity contribution is 5.13. The van der Waals surface area contributed by atoms with Crippen LogP contribution in [0.25, 0.3) is 0 Å². The number of benzene rings is 1. The van der Waals surface area contributed by atoms with E-state index < -0.39 is 18.1 Å². The third-order valence-corrected chi connectivity index (χ3v) is 2.82. The molecule has 5 nitrogen and oxygen atoms in total. The van der Waals surface area contributed by atoms with Crippen LogP contribution in [0.15, 0.2) is 30.3 Å². The van der Waals surface area contributed by atoms with E-state index in [1.807, 2.05) is 30.3 Å². The lowest BCUT2D eigenvalue weighted by atomic mass is 10.00. The summed E-state index contributed by atoms with van der Waals surface area (Å²) in [5, 5.41) is 36.9. The van der Waals surface area contributed by atoms with Gasteiger partial charge in [-0.1, -0.05) is 30.3 Å². The van der Waals surface area contributed by atoms with E-state index in [0.717, 1.165) is 5.56 Å². The number of hydrogen-bond donors (Lipinski definition) is 4. The van der Waals surface area contributed by atoms with Gasteiger partial charge in [-0.05, 0) is 5.56 Å². The van der Waals surface area contributed by atoms with Crippen molar-refractivity contribution in [3.05, 3.63) is 35.9 Å². The Kier molecular flexibility index (Phi) is 6.85. The molecule has 0 fully saturated rings. The lowest BCUT2D eigenvalue weighted by Crippen LogP contribution is -2.41. The van der Waals surface area contributed by atoms with E-state index in [4.69, 9.17) is 20.1 Å². The van der Waals surface area contributed by atoms with Gasteiger partial charge in [-0.15, -0.1) is 0 Å². The first-order chi connectivity index (χ1) is 8.72. The van der Waals surface area contributed by atoms with Gasteiger partial charge in [-0.25, -0.2) is 0 Å². The molecule has 0 unspecified atom stereocenters. The molecule has 0 aliphatic heterocycles. The highest BCUT2D eigenvalue weighted by atomic mass is 16.5. The van der Waals surface area contributed by atoms with Crippen molar-refractivity contribution in [2.45, 2.75) is 18.8 Å². The number of hydrogen-bond acceptors (Lipinski definition) is 5. The Hall–Kier alpha value is -0.980. The van der Waals surface area contributed by atoms with Crippen molar-refractivity contribution < 1.29 is 25.2 Å². The van der Waals surface area contributed by atoms with Gasteiger partial charge >= 0.3 is 0 Å². The van der Waals surface area contributed by atoms with Crippen molar-refractivity contribution in [3.63, 3.8) is 0 Å². The number of rotatable bonds is 8. The SMILES string of the molecule is OCC(CO)[C@@H](O)[C@@H](CO)OCc1ccccc1. The van der Waals surface area contributed by atoms with Gasteiger partial charge < -0.3 is 25.2 Å². The van der Waals surface area contributed by atoms with E-state index in [0.29, 0.717) is 0 Å². The minimum Gasteiger partial charge on any atom is -0.396 e. The van der Waals surface area contributed by atoms with Gasteiger partial charge in [0.1, 0.15) is 6.10 Å². The lowest BCUT2D eigenvalue weighted by Gasteiger charge is -2.26. The van der Waals surface area contributed by atoms with E-state index in [-0.39, 0.29) is 26.4 Å². The third-order valence-electron chi connectivity index (χ3n) is 2.82. The van der Waals surface area contributed by atoms with Crippen molar-refractivity contribution in [1.29, 1.82) is 0 Å². The summed E-state index contributed by atoms with van der Waals surface area (Å²) < 4.78 is 5.40. The monoisotopic (exact) mass is 256 g/mol. The van der Waals surface area contributed by atoms with Crippen molar-refractivity contribution in [1.82, 2.24) is 0 Å². The molecule has 0 amide bonds. The molecule has 0 radical (unpaired) electrons. The van der Waals surface area contributed by atoms with Crippen LogP contribution in [-0.2, 0) is 11.3 Å². The van der Waals surface area contributed by atoms with Crippen LogP contribution in [0, 0.1) is 5.92 Å². The fourth-order valence-electron chi connectivity index (χ4n) is 1.61. The molecular weight excluding hydrogens is 236 g/mol. The molecule has 0 saturated heterocycles. The Morgan fingerprint density at radius 2 is 1.56 bits per heavy atom. The van der Waals surface area contributed by atoms with Crippen LogP contribution in [0.5, 0.6) is 0 Å². The second-order valence-corrected chi connectivity index (χ2v) is 4.13. The molecule has 5 heteroatoms. The molecule has 0 spiro atoms. The predicted molar refractivity (Wildman–Crippen MR) is 65.8 cm³/mol. The average molecular weight is 256 g/mol. The molecule has 102 valence electrons. The highest BCUT2D eigenvalue weighted by Gasteiger charge is 2.27. The van der Waals surface area contributed by atoms with Gasteiger partial charge in [0, 0.05) is 5.92 Å². The van der Waals surface area contributed by atoms with E-state index >= 15 is 0 Å². The van der Waals surface area contributed by atoms with E-state index in [1.165, 1.54) is 0 Å². The van der Waals surface area contributed by atoms with Crippen LogP contribution in [0.1, 0.15) is 5.56 Å². The topological polar surface area (TPSA) is 90.2 Å². The van der Waals surface area contributed by atoms with Crippen molar-refractivity contribution >= 4 is 0 Å². The van der Waals surface area contributed by atoms with Gasteiger partial charge in [0.05, 0.1) is 32.5 Å². The van der Waals surface area contributed by atoms with E-state index in [2.05, 4.69) is 0 Å². The van der Waals surface area contributed by atoms with Crippen molar-refractivity contribution in [3.8, 4) is 0 Å². The number of aliphatic hydroxyl groups excluding tert-OH is 4.